The number of amides is 1. The van der Waals surface area contributed by atoms with Gasteiger partial charge in [-0.15, -0.1) is 0 Å². The Morgan fingerprint density at radius 1 is 1.25 bits per heavy atom. The fourth-order valence-corrected chi connectivity index (χ4v) is 2.85. The lowest BCUT2D eigenvalue weighted by Gasteiger charge is -2.10. The van der Waals surface area contributed by atoms with Crippen LogP contribution in [0.1, 0.15) is 32.6 Å². The van der Waals surface area contributed by atoms with Crippen molar-refractivity contribution in [2.45, 2.75) is 37.5 Å². The average Bonchev–Trinajstić information content (AvgIpc) is 2.32. The molecule has 5 nitrogen and oxygen atoms in total. The van der Waals surface area contributed by atoms with Crippen molar-refractivity contribution in [3.8, 4) is 0 Å². The van der Waals surface area contributed by atoms with Gasteiger partial charge in [-0.1, -0.05) is 43.0 Å². The minimum Gasteiger partial charge on any atom is -0.324 e. The van der Waals surface area contributed by atoms with E-state index in [1.165, 1.54) is 0 Å². The topological polar surface area (TPSA) is 89.3 Å². The van der Waals surface area contributed by atoms with E-state index in [4.69, 9.17) is 28.3 Å². The fourth-order valence-electron chi connectivity index (χ4n) is 1.57. The van der Waals surface area contributed by atoms with Crippen molar-refractivity contribution in [2.24, 2.45) is 5.14 Å². The van der Waals surface area contributed by atoms with Crippen molar-refractivity contribution >= 4 is 44.8 Å². The van der Waals surface area contributed by atoms with Gasteiger partial charge in [-0.05, 0) is 18.6 Å². The highest BCUT2D eigenvalue weighted by Crippen LogP contribution is 2.33. The second-order valence-corrected chi connectivity index (χ2v) is 6.69. The van der Waals surface area contributed by atoms with Crippen molar-refractivity contribution < 1.29 is 13.2 Å². The Labute approximate surface area is 128 Å². The van der Waals surface area contributed by atoms with Gasteiger partial charge in [-0.3, -0.25) is 4.79 Å². The number of unbranched alkanes of at least 4 members (excludes halogenated alkanes) is 2. The number of nitrogens with two attached hydrogens (primary N) is 1. The summed E-state index contributed by atoms with van der Waals surface area (Å²) in [5, 5.41) is 7.64. The number of carbonyl (C=O) groups is 1. The Morgan fingerprint density at radius 3 is 2.25 bits per heavy atom. The van der Waals surface area contributed by atoms with Gasteiger partial charge in [0.25, 0.3) is 0 Å². The lowest BCUT2D eigenvalue weighted by atomic mass is 10.2. The van der Waals surface area contributed by atoms with E-state index >= 15 is 0 Å². The number of rotatable bonds is 6. The van der Waals surface area contributed by atoms with Gasteiger partial charge in [0.05, 0.1) is 20.6 Å². The Balaban J connectivity index is 2.90. The third-order valence-electron chi connectivity index (χ3n) is 2.62. The van der Waals surface area contributed by atoms with E-state index in [0.29, 0.717) is 6.42 Å². The average molecular weight is 339 g/mol. The molecule has 3 N–H and O–H groups in total. The van der Waals surface area contributed by atoms with Crippen molar-refractivity contribution in [3.63, 3.8) is 0 Å². The maximum absolute atomic E-state index is 11.7. The summed E-state index contributed by atoms with van der Waals surface area (Å²) in [5.74, 6) is -0.217. The van der Waals surface area contributed by atoms with E-state index < -0.39 is 10.0 Å². The predicted octanol–water partition coefficient (Wildman–Crippen LogP) is 3.16. The molecule has 0 aliphatic carbocycles. The zero-order chi connectivity index (χ0) is 15.3. The number of hydrogen-bond donors (Lipinski definition) is 2. The quantitative estimate of drug-likeness (QED) is 0.780. The summed E-state index contributed by atoms with van der Waals surface area (Å²) in [6.45, 7) is 2.04. The number of halogens is 2. The number of primary sulfonamides is 1. The van der Waals surface area contributed by atoms with Crippen LogP contribution >= 0.6 is 23.2 Å². The van der Waals surface area contributed by atoms with Gasteiger partial charge in [0.1, 0.15) is 0 Å². The molecule has 0 fully saturated rings. The van der Waals surface area contributed by atoms with Crippen LogP contribution in [0, 0.1) is 0 Å². The van der Waals surface area contributed by atoms with E-state index in [1.54, 1.807) is 0 Å². The number of sulfonamides is 1. The summed E-state index contributed by atoms with van der Waals surface area (Å²) in [4.78, 5) is 11.5. The molecule has 0 radical (unpaired) electrons. The van der Waals surface area contributed by atoms with Crippen molar-refractivity contribution in [1.29, 1.82) is 0 Å². The second-order valence-electron chi connectivity index (χ2n) is 4.31. The van der Waals surface area contributed by atoms with Crippen LogP contribution in [-0.4, -0.2) is 14.3 Å². The Bertz CT molecular complexity index is 580. The number of carbonyl (C=O) groups excluding carboxylic acids is 1. The first kappa shape index (κ1) is 17.2. The molecule has 0 spiro atoms. The molecule has 0 unspecified atom stereocenters. The Kier molecular flexibility index (Phi) is 6.26. The second kappa shape index (κ2) is 7.26. The highest BCUT2D eigenvalue weighted by molar-refractivity contribution is 7.89. The summed E-state index contributed by atoms with van der Waals surface area (Å²) in [6.07, 6.45) is 3.10. The fraction of sp³-hybridized carbons (Fsp3) is 0.417. The van der Waals surface area contributed by atoms with E-state index in [-0.39, 0.29) is 26.5 Å². The molecule has 0 aliphatic heterocycles. The van der Waals surface area contributed by atoms with Crippen LogP contribution in [0.4, 0.5) is 5.69 Å². The molecule has 1 aromatic rings. The highest BCUT2D eigenvalue weighted by Gasteiger charge is 2.16. The maximum atomic E-state index is 11.7. The van der Waals surface area contributed by atoms with Crippen LogP contribution < -0.4 is 10.5 Å². The summed E-state index contributed by atoms with van der Waals surface area (Å²) >= 11 is 11.9. The first-order valence-corrected chi connectivity index (χ1v) is 8.37. The third kappa shape index (κ3) is 4.94. The van der Waals surface area contributed by atoms with Gasteiger partial charge in [-0.25, -0.2) is 13.6 Å². The lowest BCUT2D eigenvalue weighted by molar-refractivity contribution is -0.116. The smallest absolute Gasteiger partial charge is 0.238 e. The molecule has 0 atom stereocenters. The minimum atomic E-state index is -3.89. The Hall–Kier alpha value is -0.820. The van der Waals surface area contributed by atoms with Crippen LogP contribution in [0.25, 0.3) is 0 Å². The molecule has 8 heteroatoms. The van der Waals surface area contributed by atoms with Crippen molar-refractivity contribution in [2.75, 3.05) is 5.32 Å². The molecule has 1 rings (SSSR count). The largest absolute Gasteiger partial charge is 0.324 e. The van der Waals surface area contributed by atoms with E-state index in [2.05, 4.69) is 5.32 Å². The monoisotopic (exact) mass is 338 g/mol. The maximum Gasteiger partial charge on any atom is 0.238 e. The van der Waals surface area contributed by atoms with Crippen LogP contribution in [0.5, 0.6) is 0 Å². The van der Waals surface area contributed by atoms with Gasteiger partial charge in [0.15, 0.2) is 0 Å². The predicted molar refractivity (Wildman–Crippen MR) is 80.6 cm³/mol. The molecule has 1 aromatic carbocycles. The molecule has 0 heterocycles. The molecule has 1 amide bonds. The molecular weight excluding hydrogens is 323 g/mol. The van der Waals surface area contributed by atoms with Gasteiger partial charge >= 0.3 is 0 Å². The number of hydrogen-bond acceptors (Lipinski definition) is 3. The van der Waals surface area contributed by atoms with Crippen LogP contribution in [0.15, 0.2) is 17.0 Å². The number of nitrogens with one attached hydrogen (secondary N) is 1. The summed E-state index contributed by atoms with van der Waals surface area (Å²) in [6, 6.07) is 2.31. The van der Waals surface area contributed by atoms with Crippen molar-refractivity contribution in [1.82, 2.24) is 0 Å². The number of benzene rings is 1. The zero-order valence-electron chi connectivity index (χ0n) is 10.9. The standard InChI is InChI=1S/C12H16Cl2N2O3S/c1-2-3-4-5-11(17)16-12-9(13)6-8(7-10(12)14)20(15,18)19/h6-7H,2-5H2,1H3,(H,16,17)(H2,15,18,19). The number of anilines is 1. The molecule has 0 bridgehead atoms. The third-order valence-corrected chi connectivity index (χ3v) is 4.10. The molecule has 0 aromatic heterocycles. The van der Waals surface area contributed by atoms with E-state index in [1.807, 2.05) is 6.92 Å². The summed E-state index contributed by atoms with van der Waals surface area (Å²) in [7, 11) is -3.89. The van der Waals surface area contributed by atoms with Crippen LogP contribution in [-0.2, 0) is 14.8 Å². The first-order valence-electron chi connectivity index (χ1n) is 6.07. The van der Waals surface area contributed by atoms with Gasteiger partial charge in [0.2, 0.25) is 15.9 Å². The molecular formula is C12H16Cl2N2O3S. The molecule has 0 aliphatic rings. The molecule has 0 saturated carbocycles. The van der Waals surface area contributed by atoms with Crippen LogP contribution in [0.3, 0.4) is 0 Å². The first-order chi connectivity index (χ1) is 9.25. The van der Waals surface area contributed by atoms with Crippen LogP contribution in [0.2, 0.25) is 10.0 Å². The van der Waals surface area contributed by atoms with E-state index in [0.717, 1.165) is 31.4 Å². The molecule has 0 saturated heterocycles. The lowest BCUT2D eigenvalue weighted by Crippen LogP contribution is -2.14. The normalized spacial score (nSPS) is 11.4. The van der Waals surface area contributed by atoms with Gasteiger partial charge < -0.3 is 5.32 Å². The van der Waals surface area contributed by atoms with Crippen molar-refractivity contribution in [3.05, 3.63) is 22.2 Å². The van der Waals surface area contributed by atoms with E-state index in [9.17, 15) is 13.2 Å². The summed E-state index contributed by atoms with van der Waals surface area (Å²) in [5.41, 5.74) is 0.197. The highest BCUT2D eigenvalue weighted by atomic mass is 35.5. The van der Waals surface area contributed by atoms with Gasteiger partial charge in [0, 0.05) is 6.42 Å². The Morgan fingerprint density at radius 2 is 1.80 bits per heavy atom. The molecule has 112 valence electrons. The zero-order valence-corrected chi connectivity index (χ0v) is 13.3. The SMILES string of the molecule is CCCCCC(=O)Nc1c(Cl)cc(S(N)(=O)=O)cc1Cl. The van der Waals surface area contributed by atoms with Gasteiger partial charge in [-0.2, -0.15) is 0 Å². The minimum absolute atomic E-state index is 0.0327. The summed E-state index contributed by atoms with van der Waals surface area (Å²) < 4.78 is 22.4. The molecule has 20 heavy (non-hydrogen) atoms.